The summed E-state index contributed by atoms with van der Waals surface area (Å²) >= 11 is 1.46. The van der Waals surface area contributed by atoms with Gasteiger partial charge in [-0.1, -0.05) is 30.3 Å². The van der Waals surface area contributed by atoms with Gasteiger partial charge in [-0.05, 0) is 12.5 Å². The minimum Gasteiger partial charge on any atom is -0.461 e. The van der Waals surface area contributed by atoms with Crippen molar-refractivity contribution in [1.29, 1.82) is 0 Å². The Morgan fingerprint density at radius 3 is 2.74 bits per heavy atom. The highest BCUT2D eigenvalue weighted by Crippen LogP contribution is 2.32. The number of carbonyl (C=O) groups excluding carboxylic acids is 2. The number of hydrogen-bond acceptors (Lipinski definition) is 5. The van der Waals surface area contributed by atoms with Gasteiger partial charge in [-0.15, -0.1) is 11.3 Å². The molecule has 3 rings (SSSR count). The zero-order valence-electron chi connectivity index (χ0n) is 12.9. The van der Waals surface area contributed by atoms with Crippen LogP contribution in [0.5, 0.6) is 0 Å². The standard InChI is InChI=1S/C17H18N2O3S/c1-2-22-17(21)15-16(23-11-18-15)13-9-19(10-13)14(20)8-12-6-4-3-5-7-12/h3-7,11,13H,2,8-10H2,1H3. The number of nitrogens with zero attached hydrogens (tertiary/aromatic N) is 2. The monoisotopic (exact) mass is 330 g/mol. The van der Waals surface area contributed by atoms with Crippen LogP contribution >= 0.6 is 11.3 Å². The number of aromatic nitrogens is 1. The molecular formula is C17H18N2O3S. The van der Waals surface area contributed by atoms with Crippen LogP contribution in [0.15, 0.2) is 35.8 Å². The maximum absolute atomic E-state index is 12.3. The van der Waals surface area contributed by atoms with Crippen LogP contribution in [0, 0.1) is 0 Å². The van der Waals surface area contributed by atoms with Crippen LogP contribution in [0.3, 0.4) is 0 Å². The Hall–Kier alpha value is -2.21. The van der Waals surface area contributed by atoms with Gasteiger partial charge in [0.25, 0.3) is 0 Å². The van der Waals surface area contributed by atoms with Gasteiger partial charge >= 0.3 is 5.97 Å². The second kappa shape index (κ2) is 6.91. The van der Waals surface area contributed by atoms with Crippen molar-refractivity contribution in [3.05, 3.63) is 52.0 Å². The zero-order chi connectivity index (χ0) is 16.2. The summed E-state index contributed by atoms with van der Waals surface area (Å²) in [6.45, 7) is 3.39. The number of rotatable bonds is 5. The third-order valence-electron chi connectivity index (χ3n) is 3.87. The third-order valence-corrected chi connectivity index (χ3v) is 4.86. The van der Waals surface area contributed by atoms with E-state index >= 15 is 0 Å². The third kappa shape index (κ3) is 3.42. The molecule has 2 aromatic rings. The molecule has 23 heavy (non-hydrogen) atoms. The predicted molar refractivity (Wildman–Crippen MR) is 87.5 cm³/mol. The highest BCUT2D eigenvalue weighted by molar-refractivity contribution is 7.10. The van der Waals surface area contributed by atoms with Gasteiger partial charge in [0.1, 0.15) is 0 Å². The molecule has 1 aliphatic heterocycles. The van der Waals surface area contributed by atoms with Gasteiger partial charge in [-0.25, -0.2) is 9.78 Å². The topological polar surface area (TPSA) is 59.5 Å². The molecule has 0 spiro atoms. The molecule has 0 bridgehead atoms. The van der Waals surface area contributed by atoms with Gasteiger partial charge in [-0.2, -0.15) is 0 Å². The van der Waals surface area contributed by atoms with E-state index in [1.807, 2.05) is 35.2 Å². The Bertz CT molecular complexity index is 693. The van der Waals surface area contributed by atoms with E-state index in [0.29, 0.717) is 31.8 Å². The van der Waals surface area contributed by atoms with Crippen LogP contribution in [0.25, 0.3) is 0 Å². The molecule has 120 valence electrons. The molecular weight excluding hydrogens is 312 g/mol. The Morgan fingerprint density at radius 2 is 2.04 bits per heavy atom. The van der Waals surface area contributed by atoms with E-state index in [4.69, 9.17) is 4.74 Å². The molecule has 1 saturated heterocycles. The van der Waals surface area contributed by atoms with Crippen molar-refractivity contribution in [1.82, 2.24) is 9.88 Å². The first-order valence-electron chi connectivity index (χ1n) is 7.61. The Morgan fingerprint density at radius 1 is 1.30 bits per heavy atom. The van der Waals surface area contributed by atoms with Crippen LogP contribution in [-0.4, -0.2) is 41.5 Å². The second-order valence-corrected chi connectivity index (χ2v) is 6.33. The fourth-order valence-corrected chi connectivity index (χ4v) is 3.49. The van der Waals surface area contributed by atoms with Gasteiger partial charge in [0.05, 0.1) is 18.5 Å². The first-order chi connectivity index (χ1) is 11.2. The van der Waals surface area contributed by atoms with Crippen molar-refractivity contribution < 1.29 is 14.3 Å². The largest absolute Gasteiger partial charge is 0.461 e. The number of hydrogen-bond donors (Lipinski definition) is 0. The molecule has 1 amide bonds. The lowest BCUT2D eigenvalue weighted by molar-refractivity contribution is -0.134. The molecule has 0 atom stereocenters. The SMILES string of the molecule is CCOC(=O)c1ncsc1C1CN(C(=O)Cc2ccccc2)C1. The summed E-state index contributed by atoms with van der Waals surface area (Å²) in [5.41, 5.74) is 3.08. The summed E-state index contributed by atoms with van der Waals surface area (Å²) in [6, 6.07) is 9.72. The first kappa shape index (κ1) is 15.7. The summed E-state index contributed by atoms with van der Waals surface area (Å²) in [5, 5.41) is 0. The van der Waals surface area contributed by atoms with Crippen molar-refractivity contribution in [3.8, 4) is 0 Å². The Balaban J connectivity index is 1.58. The van der Waals surface area contributed by atoms with E-state index in [1.54, 1.807) is 12.4 Å². The molecule has 0 radical (unpaired) electrons. The lowest BCUT2D eigenvalue weighted by Gasteiger charge is -2.39. The summed E-state index contributed by atoms with van der Waals surface area (Å²) < 4.78 is 5.02. The summed E-state index contributed by atoms with van der Waals surface area (Å²) in [5.74, 6) is -0.0749. The molecule has 0 saturated carbocycles. The fourth-order valence-electron chi connectivity index (χ4n) is 2.63. The Labute approximate surface area is 138 Å². The van der Waals surface area contributed by atoms with E-state index in [2.05, 4.69) is 4.98 Å². The first-order valence-corrected chi connectivity index (χ1v) is 8.49. The molecule has 6 heteroatoms. The van der Waals surface area contributed by atoms with E-state index < -0.39 is 0 Å². The van der Waals surface area contributed by atoms with Gasteiger partial charge in [0.2, 0.25) is 5.91 Å². The average Bonchev–Trinajstić information content (AvgIpc) is 2.96. The summed E-state index contributed by atoms with van der Waals surface area (Å²) in [7, 11) is 0. The van der Waals surface area contributed by atoms with Crippen LogP contribution in [0.2, 0.25) is 0 Å². The molecule has 0 N–H and O–H groups in total. The highest BCUT2D eigenvalue weighted by atomic mass is 32.1. The number of esters is 1. The van der Waals surface area contributed by atoms with Crippen LogP contribution in [0.4, 0.5) is 0 Å². The predicted octanol–water partition coefficient (Wildman–Crippen LogP) is 2.49. The number of carbonyl (C=O) groups is 2. The van der Waals surface area contributed by atoms with Crippen molar-refractivity contribution in [2.75, 3.05) is 19.7 Å². The molecule has 1 aliphatic rings. The van der Waals surface area contributed by atoms with Gasteiger partial charge in [-0.3, -0.25) is 4.79 Å². The van der Waals surface area contributed by atoms with E-state index in [9.17, 15) is 9.59 Å². The van der Waals surface area contributed by atoms with Gasteiger partial charge in [0.15, 0.2) is 5.69 Å². The van der Waals surface area contributed by atoms with Gasteiger partial charge in [0, 0.05) is 23.9 Å². The van der Waals surface area contributed by atoms with Crippen molar-refractivity contribution >= 4 is 23.2 Å². The number of ether oxygens (including phenoxy) is 1. The maximum Gasteiger partial charge on any atom is 0.358 e. The molecule has 1 aromatic heterocycles. The molecule has 0 unspecified atom stereocenters. The molecule has 2 heterocycles. The van der Waals surface area contributed by atoms with E-state index in [0.717, 1.165) is 10.4 Å². The minimum absolute atomic E-state index is 0.120. The summed E-state index contributed by atoms with van der Waals surface area (Å²) in [6.07, 6.45) is 0.418. The lowest BCUT2D eigenvalue weighted by atomic mass is 9.96. The number of thiazole rings is 1. The molecule has 5 nitrogen and oxygen atoms in total. The van der Waals surface area contributed by atoms with Crippen LogP contribution < -0.4 is 0 Å². The normalized spacial score (nSPS) is 14.4. The number of amides is 1. The van der Waals surface area contributed by atoms with E-state index in [1.165, 1.54) is 11.3 Å². The van der Waals surface area contributed by atoms with Crippen LogP contribution in [0.1, 0.15) is 33.8 Å². The smallest absolute Gasteiger partial charge is 0.358 e. The van der Waals surface area contributed by atoms with Crippen molar-refractivity contribution in [2.24, 2.45) is 0 Å². The Kier molecular flexibility index (Phi) is 4.71. The zero-order valence-corrected chi connectivity index (χ0v) is 13.7. The van der Waals surface area contributed by atoms with E-state index in [-0.39, 0.29) is 17.8 Å². The number of benzene rings is 1. The van der Waals surface area contributed by atoms with Crippen molar-refractivity contribution in [3.63, 3.8) is 0 Å². The van der Waals surface area contributed by atoms with Crippen molar-refractivity contribution in [2.45, 2.75) is 19.3 Å². The van der Waals surface area contributed by atoms with Gasteiger partial charge < -0.3 is 9.64 Å². The molecule has 1 fully saturated rings. The number of likely N-dealkylation sites (tertiary alicyclic amines) is 1. The summed E-state index contributed by atoms with van der Waals surface area (Å²) in [4.78, 5) is 31.0. The molecule has 0 aliphatic carbocycles. The fraction of sp³-hybridized carbons (Fsp3) is 0.353. The minimum atomic E-state index is -0.377. The van der Waals surface area contributed by atoms with Crippen LogP contribution in [-0.2, 0) is 16.0 Å². The highest BCUT2D eigenvalue weighted by Gasteiger charge is 2.35. The lowest BCUT2D eigenvalue weighted by Crippen LogP contribution is -2.49. The second-order valence-electron chi connectivity index (χ2n) is 5.44. The maximum atomic E-state index is 12.3. The average molecular weight is 330 g/mol. The molecule has 1 aromatic carbocycles. The quantitative estimate of drug-likeness (QED) is 0.790.